The molecule has 3 heterocycles. The minimum absolute atomic E-state index is 0.0194. The van der Waals surface area contributed by atoms with Crippen LogP contribution in [0.3, 0.4) is 0 Å². The molecule has 4 heteroatoms. The number of anilines is 6. The molecule has 0 unspecified atom stereocenters. The molecule has 3 nitrogen and oxygen atoms in total. The van der Waals surface area contributed by atoms with Crippen molar-refractivity contribution in [2.24, 2.45) is 0 Å². The second kappa shape index (κ2) is 25.4. The lowest BCUT2D eigenvalue weighted by Gasteiger charge is -2.45. The summed E-state index contributed by atoms with van der Waals surface area (Å²) < 4.78 is 2.54. The van der Waals surface area contributed by atoms with E-state index >= 15 is 0 Å². The minimum atomic E-state index is -0.179. The fraction of sp³-hybridized carbons (Fsp3) is 0.264. The van der Waals surface area contributed by atoms with Gasteiger partial charge in [0.25, 0.3) is 6.71 Å². The zero-order valence-electron chi connectivity index (χ0n) is 67.7. The van der Waals surface area contributed by atoms with Crippen molar-refractivity contribution in [2.45, 2.75) is 181 Å². The summed E-state index contributed by atoms with van der Waals surface area (Å²) in [4.78, 5) is 5.27. The van der Waals surface area contributed by atoms with Crippen LogP contribution in [0.25, 0.3) is 94.3 Å². The van der Waals surface area contributed by atoms with Crippen LogP contribution in [-0.2, 0) is 37.9 Å². The van der Waals surface area contributed by atoms with Gasteiger partial charge in [-0.1, -0.05) is 312 Å². The fourth-order valence-electron chi connectivity index (χ4n) is 18.9. The van der Waals surface area contributed by atoms with E-state index in [4.69, 9.17) is 0 Å². The standard InChI is InChI=1S/C106H104BN3/c1-100(2,3)79-39-28-71(29-40-79)78-63-97-99-98(64-78)109(83-43-32-70(33-44-83)75-35-47-88-90(61-75)106(16,17)55-53-104(88,12)13)96-66-84(110-93-49-36-72(67-24-20-18-21-25-67)58-85(93)86-59-73(37-50-94(86)110)68-26-22-19-23-27-68)45-48-91(96)107(99)92-62-76(77-56-80(101(4,5)6)65-81(57-77)102(7,8)9)38-51-95(92)108(97)82-41-30-69(31-42-82)74-34-46-87-89(60-74)105(14,15)54-52-103(87,10)11/h18-51,56-66H,52-55H2,1-17H3. The van der Waals surface area contributed by atoms with E-state index in [0.717, 1.165) is 33.8 Å². The van der Waals surface area contributed by atoms with Crippen LogP contribution < -0.4 is 26.2 Å². The van der Waals surface area contributed by atoms with Gasteiger partial charge >= 0.3 is 0 Å². The van der Waals surface area contributed by atoms with Gasteiger partial charge in [-0.2, -0.15) is 0 Å². The van der Waals surface area contributed by atoms with Crippen LogP contribution in [0.1, 0.15) is 182 Å². The first-order valence-electron chi connectivity index (χ1n) is 40.4. The molecule has 18 rings (SSSR count). The molecule has 0 amide bonds. The van der Waals surface area contributed by atoms with Gasteiger partial charge in [-0.3, -0.25) is 0 Å². The van der Waals surface area contributed by atoms with Crippen LogP contribution in [-0.4, -0.2) is 11.3 Å². The van der Waals surface area contributed by atoms with Crippen LogP contribution in [0.15, 0.2) is 273 Å². The van der Waals surface area contributed by atoms with Gasteiger partial charge in [0.05, 0.1) is 11.0 Å². The Morgan fingerprint density at radius 3 is 1.08 bits per heavy atom. The molecule has 0 bridgehead atoms. The molecule has 4 aliphatic rings. The lowest BCUT2D eigenvalue weighted by molar-refractivity contribution is 0.332. The summed E-state index contributed by atoms with van der Waals surface area (Å²) in [6.45, 7) is 40.4. The maximum atomic E-state index is 2.65. The van der Waals surface area contributed by atoms with E-state index < -0.39 is 0 Å². The van der Waals surface area contributed by atoms with Gasteiger partial charge in [-0.25, -0.2) is 0 Å². The van der Waals surface area contributed by atoms with Crippen LogP contribution in [0, 0.1) is 0 Å². The Labute approximate surface area is 654 Å². The SMILES string of the molecule is CC(C)(C)c1ccc(-c2cc3c4c(c2)N(c2ccc(-c5ccc6c(c5)C(C)(C)CCC6(C)C)cc2)c2cc(-n5c6ccc(-c7ccccc7)cc6c6cc(-c7ccccc7)ccc65)ccc2B4c2cc(-c4cc(C(C)(C)C)cc(C(C)(C)C)c4)ccc2N3c2ccc(-c3ccc4c(c3)C(C)(C)CCC4(C)C)cc2)cc1. The number of benzene rings is 13. The number of hydrogen-bond donors (Lipinski definition) is 0. The second-order valence-electron chi connectivity index (χ2n) is 38.4. The van der Waals surface area contributed by atoms with E-state index in [2.05, 4.69) is 405 Å². The largest absolute Gasteiger partial charge is 0.311 e. The molecule has 0 saturated heterocycles. The smallest absolute Gasteiger partial charge is 0.252 e. The third-order valence-electron chi connectivity index (χ3n) is 26.0. The van der Waals surface area contributed by atoms with E-state index in [1.807, 2.05) is 0 Å². The summed E-state index contributed by atoms with van der Waals surface area (Å²) in [6, 6.07) is 107. The van der Waals surface area contributed by atoms with Gasteiger partial charge in [-0.05, 0) is 265 Å². The predicted molar refractivity (Wildman–Crippen MR) is 474 cm³/mol. The Morgan fingerprint density at radius 1 is 0.255 bits per heavy atom. The summed E-state index contributed by atoms with van der Waals surface area (Å²) in [5.74, 6) is 0. The third kappa shape index (κ3) is 12.1. The number of hydrogen-bond acceptors (Lipinski definition) is 2. The highest BCUT2D eigenvalue weighted by Gasteiger charge is 2.45. The van der Waals surface area contributed by atoms with E-state index in [1.165, 1.54) is 176 Å². The summed E-state index contributed by atoms with van der Waals surface area (Å²) >= 11 is 0. The van der Waals surface area contributed by atoms with Crippen molar-refractivity contribution in [1.82, 2.24) is 4.57 Å². The van der Waals surface area contributed by atoms with Crippen molar-refractivity contribution >= 4 is 79.0 Å². The third-order valence-corrected chi connectivity index (χ3v) is 26.0. The number of aromatic nitrogens is 1. The number of rotatable bonds is 9. The molecule has 14 aromatic rings. The first-order valence-corrected chi connectivity index (χ1v) is 40.4. The Hall–Kier alpha value is -10.7. The highest BCUT2D eigenvalue weighted by atomic mass is 15.2. The zero-order chi connectivity index (χ0) is 76.5. The molecule has 110 heavy (non-hydrogen) atoms. The predicted octanol–water partition coefficient (Wildman–Crippen LogP) is 27.5. The van der Waals surface area contributed by atoms with E-state index in [1.54, 1.807) is 0 Å². The quantitative estimate of drug-likeness (QED) is 0.133. The second-order valence-corrected chi connectivity index (χ2v) is 38.4. The van der Waals surface area contributed by atoms with Gasteiger partial charge in [-0.15, -0.1) is 0 Å². The molecular weight excluding hydrogens is 1330 g/mol. The average molecular weight is 1430 g/mol. The monoisotopic (exact) mass is 1430 g/mol. The van der Waals surface area contributed by atoms with Crippen molar-refractivity contribution < 1.29 is 0 Å². The Balaban J connectivity index is 0.908. The van der Waals surface area contributed by atoms with Gasteiger partial charge in [0, 0.05) is 50.6 Å². The van der Waals surface area contributed by atoms with Gasteiger partial charge in [0.15, 0.2) is 0 Å². The first kappa shape index (κ1) is 71.0. The summed E-state index contributed by atoms with van der Waals surface area (Å²) in [5, 5.41) is 2.44. The highest BCUT2D eigenvalue weighted by Crippen LogP contribution is 2.53. The molecule has 0 radical (unpaired) electrons. The molecule has 0 saturated carbocycles. The lowest BCUT2D eigenvalue weighted by atomic mass is 9.33. The highest BCUT2D eigenvalue weighted by molar-refractivity contribution is 7.00. The summed E-state index contributed by atoms with van der Waals surface area (Å²) in [6.07, 6.45) is 4.71. The van der Waals surface area contributed by atoms with Gasteiger partial charge < -0.3 is 14.4 Å². The van der Waals surface area contributed by atoms with Crippen molar-refractivity contribution in [3.63, 3.8) is 0 Å². The zero-order valence-corrected chi connectivity index (χ0v) is 67.7. The van der Waals surface area contributed by atoms with Crippen LogP contribution in [0.4, 0.5) is 34.1 Å². The Bertz CT molecular complexity index is 5870. The topological polar surface area (TPSA) is 11.4 Å². The van der Waals surface area contributed by atoms with Gasteiger partial charge in [0.1, 0.15) is 0 Å². The molecule has 2 aliphatic heterocycles. The number of nitrogens with zero attached hydrogens (tertiary/aromatic N) is 3. The molecule has 0 spiro atoms. The molecule has 0 fully saturated rings. The fourth-order valence-corrected chi connectivity index (χ4v) is 18.9. The van der Waals surface area contributed by atoms with E-state index in [-0.39, 0.29) is 44.6 Å². The molecule has 0 N–H and O–H groups in total. The van der Waals surface area contributed by atoms with Crippen LogP contribution in [0.5, 0.6) is 0 Å². The maximum Gasteiger partial charge on any atom is 0.252 e. The molecule has 546 valence electrons. The lowest BCUT2D eigenvalue weighted by Crippen LogP contribution is -2.61. The minimum Gasteiger partial charge on any atom is -0.311 e. The summed E-state index contributed by atoms with van der Waals surface area (Å²) in [5.41, 5.74) is 38.9. The normalized spacial score (nSPS) is 16.0. The Kier molecular flexibility index (Phi) is 16.4. The molecule has 1 aromatic heterocycles. The van der Waals surface area contributed by atoms with Gasteiger partial charge in [0.2, 0.25) is 0 Å². The van der Waals surface area contributed by atoms with Crippen LogP contribution >= 0.6 is 0 Å². The average Bonchev–Trinajstić information content (AvgIpc) is 0.792. The number of fused-ring (bicyclic) bond motifs is 9. The van der Waals surface area contributed by atoms with E-state index in [9.17, 15) is 0 Å². The summed E-state index contributed by atoms with van der Waals surface area (Å²) in [7, 11) is 0. The maximum absolute atomic E-state index is 2.65. The van der Waals surface area contributed by atoms with E-state index in [0.29, 0.717) is 0 Å². The molecule has 0 atom stereocenters. The molecular formula is C106H104BN3. The van der Waals surface area contributed by atoms with Crippen molar-refractivity contribution in [1.29, 1.82) is 0 Å². The molecule has 13 aromatic carbocycles. The van der Waals surface area contributed by atoms with Crippen LogP contribution in [0.2, 0.25) is 0 Å². The van der Waals surface area contributed by atoms with Crippen molar-refractivity contribution in [3.8, 4) is 72.4 Å². The first-order chi connectivity index (χ1) is 52.3. The molecule has 2 aliphatic carbocycles. The Morgan fingerprint density at radius 2 is 0.618 bits per heavy atom. The van der Waals surface area contributed by atoms with Crippen molar-refractivity contribution in [2.75, 3.05) is 9.80 Å². The van der Waals surface area contributed by atoms with Crippen molar-refractivity contribution in [3.05, 3.63) is 312 Å².